The number of hydrogen-bond acceptors (Lipinski definition) is 5. The molecule has 0 aromatic heterocycles. The molecule has 1 aromatic carbocycles. The molecular weight excluding hydrogens is 401 g/mol. The first-order valence-corrected chi connectivity index (χ1v) is 9.71. The van der Waals surface area contributed by atoms with Crippen molar-refractivity contribution in [1.82, 2.24) is 9.21 Å². The van der Waals surface area contributed by atoms with E-state index < -0.39 is 26.8 Å². The smallest absolute Gasteiger partial charge is 0.246 e. The van der Waals surface area contributed by atoms with E-state index in [9.17, 15) is 17.9 Å². The van der Waals surface area contributed by atoms with Gasteiger partial charge in [0.25, 0.3) is 0 Å². The molecule has 1 N–H and O–H groups in total. The first kappa shape index (κ1) is 19.3. The maximum atomic E-state index is 14.2. The molecule has 132 valence electrons. The molecule has 1 aliphatic rings. The first-order valence-electron chi connectivity index (χ1n) is 7.48. The van der Waals surface area contributed by atoms with Crippen molar-refractivity contribution < 1.29 is 17.9 Å². The van der Waals surface area contributed by atoms with Crippen LogP contribution in [0.3, 0.4) is 0 Å². The van der Waals surface area contributed by atoms with E-state index in [1.165, 1.54) is 4.31 Å². The van der Waals surface area contributed by atoms with Crippen molar-refractivity contribution >= 4 is 26.0 Å². The average molecular weight is 420 g/mol. The quantitative estimate of drug-likeness (QED) is 0.799. The van der Waals surface area contributed by atoms with E-state index in [2.05, 4.69) is 15.9 Å². The number of β-amino-alcohol motifs (C(OH)–C–C–N with tert-alkyl or cyclic N) is 1. The summed E-state index contributed by atoms with van der Waals surface area (Å²) < 4.78 is 41.4. The van der Waals surface area contributed by atoms with E-state index in [0.29, 0.717) is 19.6 Å². The fourth-order valence-corrected chi connectivity index (χ4v) is 5.12. The van der Waals surface area contributed by atoms with Gasteiger partial charge < -0.3 is 5.11 Å². The van der Waals surface area contributed by atoms with Crippen LogP contribution >= 0.6 is 15.9 Å². The number of halogens is 2. The molecule has 0 radical (unpaired) electrons. The highest BCUT2D eigenvalue weighted by molar-refractivity contribution is 9.10. The van der Waals surface area contributed by atoms with Crippen LogP contribution in [0.1, 0.15) is 19.4 Å². The van der Waals surface area contributed by atoms with Gasteiger partial charge in [0.05, 0.1) is 11.7 Å². The zero-order chi connectivity index (χ0) is 18.1. The van der Waals surface area contributed by atoms with Crippen molar-refractivity contribution in [3.05, 3.63) is 28.0 Å². The fourth-order valence-electron chi connectivity index (χ4n) is 2.85. The highest BCUT2D eigenvalue weighted by Crippen LogP contribution is 2.28. The Morgan fingerprint density at radius 3 is 2.71 bits per heavy atom. The summed E-state index contributed by atoms with van der Waals surface area (Å²) in [6, 6.07) is 3.51. The first-order chi connectivity index (χ1) is 11.2. The minimum atomic E-state index is -4.01. The van der Waals surface area contributed by atoms with Crippen molar-refractivity contribution in [2.45, 2.75) is 30.9 Å². The number of aliphatic hydroxyl groups is 1. The molecule has 1 saturated heterocycles. The number of sulfonamides is 1. The highest BCUT2D eigenvalue weighted by Gasteiger charge is 2.35. The summed E-state index contributed by atoms with van der Waals surface area (Å²) in [6.07, 6.45) is -0.493. The Labute approximate surface area is 149 Å². The summed E-state index contributed by atoms with van der Waals surface area (Å²) in [7, 11) is -4.01. The van der Waals surface area contributed by atoms with Crippen molar-refractivity contribution in [2.75, 3.05) is 26.2 Å². The van der Waals surface area contributed by atoms with E-state index >= 15 is 0 Å². The molecular formula is C15H19BrFN3O3S. The third kappa shape index (κ3) is 3.95. The van der Waals surface area contributed by atoms with Gasteiger partial charge in [-0.25, -0.2) is 12.8 Å². The third-order valence-electron chi connectivity index (χ3n) is 3.90. The highest BCUT2D eigenvalue weighted by atomic mass is 79.9. The topological polar surface area (TPSA) is 84.6 Å². The molecule has 0 spiro atoms. The lowest BCUT2D eigenvalue weighted by atomic mass is 10.2. The zero-order valence-corrected chi connectivity index (χ0v) is 15.8. The SMILES string of the molecule is C[C@@H]1CN(C[C@@H](C)O)CCN1S(=O)(=O)c1cc(Br)c(C#N)cc1F. The maximum Gasteiger partial charge on any atom is 0.246 e. The molecule has 9 heteroatoms. The molecule has 6 nitrogen and oxygen atoms in total. The molecule has 1 heterocycles. The predicted molar refractivity (Wildman–Crippen MR) is 90.3 cm³/mol. The van der Waals surface area contributed by atoms with E-state index in [0.717, 1.165) is 12.1 Å². The molecule has 0 saturated carbocycles. The molecule has 2 atom stereocenters. The van der Waals surface area contributed by atoms with Crippen LogP contribution in [0.4, 0.5) is 4.39 Å². The number of piperazine rings is 1. The van der Waals surface area contributed by atoms with Gasteiger partial charge in [-0.3, -0.25) is 4.90 Å². The van der Waals surface area contributed by atoms with Crippen LogP contribution in [0.2, 0.25) is 0 Å². The number of aliphatic hydroxyl groups excluding tert-OH is 1. The van der Waals surface area contributed by atoms with E-state index in [-0.39, 0.29) is 22.6 Å². The number of nitriles is 1. The van der Waals surface area contributed by atoms with Gasteiger partial charge in [-0.15, -0.1) is 0 Å². The Morgan fingerprint density at radius 2 is 2.17 bits per heavy atom. The minimum Gasteiger partial charge on any atom is -0.392 e. The summed E-state index contributed by atoms with van der Waals surface area (Å²) in [5, 5.41) is 18.4. The lowest BCUT2D eigenvalue weighted by molar-refractivity contribution is 0.0839. The van der Waals surface area contributed by atoms with Gasteiger partial charge >= 0.3 is 0 Å². The van der Waals surface area contributed by atoms with Crippen molar-refractivity contribution in [3.8, 4) is 6.07 Å². The third-order valence-corrected chi connectivity index (χ3v) is 6.59. The Kier molecular flexibility index (Phi) is 5.99. The number of nitrogens with zero attached hydrogens (tertiary/aromatic N) is 3. The Bertz CT molecular complexity index is 764. The average Bonchev–Trinajstić information content (AvgIpc) is 2.48. The van der Waals surface area contributed by atoms with Crippen LogP contribution in [0.15, 0.2) is 21.5 Å². The minimum absolute atomic E-state index is 0.0428. The second-order valence-electron chi connectivity index (χ2n) is 5.95. The van der Waals surface area contributed by atoms with Crippen LogP contribution < -0.4 is 0 Å². The van der Waals surface area contributed by atoms with Crippen LogP contribution in [0.5, 0.6) is 0 Å². The maximum absolute atomic E-state index is 14.2. The Hall–Kier alpha value is -1.05. The molecule has 0 bridgehead atoms. The van der Waals surface area contributed by atoms with Crippen LogP contribution in [-0.4, -0.2) is 61.1 Å². The van der Waals surface area contributed by atoms with Gasteiger partial charge in [0.1, 0.15) is 16.8 Å². The van der Waals surface area contributed by atoms with Crippen molar-refractivity contribution in [2.24, 2.45) is 0 Å². The van der Waals surface area contributed by atoms with Crippen LogP contribution in [0.25, 0.3) is 0 Å². The molecule has 0 unspecified atom stereocenters. The van der Waals surface area contributed by atoms with Crippen molar-refractivity contribution in [1.29, 1.82) is 5.26 Å². The largest absolute Gasteiger partial charge is 0.392 e. The molecule has 2 rings (SSSR count). The normalized spacial score (nSPS) is 21.4. The number of rotatable bonds is 4. The zero-order valence-electron chi connectivity index (χ0n) is 13.4. The van der Waals surface area contributed by atoms with Gasteiger partial charge in [-0.05, 0) is 41.9 Å². The van der Waals surface area contributed by atoms with Crippen LogP contribution in [-0.2, 0) is 10.0 Å². The summed E-state index contributed by atoms with van der Waals surface area (Å²) in [5.74, 6) is -0.937. The molecule has 1 fully saturated rings. The summed E-state index contributed by atoms with van der Waals surface area (Å²) in [6.45, 7) is 5.04. The summed E-state index contributed by atoms with van der Waals surface area (Å²) in [5.41, 5.74) is 0.0428. The van der Waals surface area contributed by atoms with E-state index in [1.54, 1.807) is 19.9 Å². The molecule has 1 aromatic rings. The van der Waals surface area contributed by atoms with Gasteiger partial charge in [-0.2, -0.15) is 9.57 Å². The van der Waals surface area contributed by atoms with Gasteiger partial charge in [0, 0.05) is 36.7 Å². The number of hydrogen-bond donors (Lipinski definition) is 1. The second kappa shape index (κ2) is 7.45. The lowest BCUT2D eigenvalue weighted by Gasteiger charge is -2.39. The molecule has 0 amide bonds. The number of benzene rings is 1. The molecule has 0 aliphatic carbocycles. The lowest BCUT2D eigenvalue weighted by Crippen LogP contribution is -2.54. The van der Waals surface area contributed by atoms with Gasteiger partial charge in [0.2, 0.25) is 10.0 Å². The Balaban J connectivity index is 2.29. The summed E-state index contributed by atoms with van der Waals surface area (Å²) in [4.78, 5) is 1.54. The monoisotopic (exact) mass is 419 g/mol. The van der Waals surface area contributed by atoms with Crippen LogP contribution in [0, 0.1) is 17.1 Å². The standard InChI is InChI=1S/C15H19BrFN3O3S/c1-10-8-19(9-11(2)21)3-4-20(10)24(22,23)15-6-13(16)12(7-18)5-14(15)17/h5-6,10-11,21H,3-4,8-9H2,1-2H3/t10-,11-/m1/s1. The molecule has 24 heavy (non-hydrogen) atoms. The van der Waals surface area contributed by atoms with E-state index in [4.69, 9.17) is 5.26 Å². The van der Waals surface area contributed by atoms with Crippen molar-refractivity contribution in [3.63, 3.8) is 0 Å². The summed E-state index contributed by atoms with van der Waals surface area (Å²) >= 11 is 3.10. The Morgan fingerprint density at radius 1 is 1.50 bits per heavy atom. The second-order valence-corrected chi connectivity index (χ2v) is 8.66. The fraction of sp³-hybridized carbons (Fsp3) is 0.533. The van der Waals surface area contributed by atoms with Gasteiger partial charge in [-0.1, -0.05) is 0 Å². The predicted octanol–water partition coefficient (Wildman–Crippen LogP) is 1.54. The van der Waals surface area contributed by atoms with E-state index in [1.807, 2.05) is 4.90 Å². The van der Waals surface area contributed by atoms with Gasteiger partial charge in [0.15, 0.2) is 0 Å². The molecule has 1 aliphatic heterocycles.